The third-order valence-electron chi connectivity index (χ3n) is 4.35. The van der Waals surface area contributed by atoms with E-state index in [1.54, 1.807) is 12.1 Å². The van der Waals surface area contributed by atoms with Gasteiger partial charge in [0, 0.05) is 24.5 Å². The van der Waals surface area contributed by atoms with Crippen LogP contribution in [0.15, 0.2) is 36.5 Å². The van der Waals surface area contributed by atoms with Gasteiger partial charge in [0.15, 0.2) is 0 Å². The van der Waals surface area contributed by atoms with Gasteiger partial charge >= 0.3 is 6.18 Å². The maximum absolute atomic E-state index is 12.8. The summed E-state index contributed by atoms with van der Waals surface area (Å²) in [5.41, 5.74) is 2.31. The van der Waals surface area contributed by atoms with Gasteiger partial charge in [-0.2, -0.15) is 13.2 Å². The van der Waals surface area contributed by atoms with Crippen molar-refractivity contribution in [2.75, 3.05) is 5.32 Å². The van der Waals surface area contributed by atoms with Gasteiger partial charge in [-0.3, -0.25) is 4.79 Å². The molecular formula is C20H19F3N4O. The van der Waals surface area contributed by atoms with Crippen LogP contribution >= 0.6 is 0 Å². The molecule has 0 spiro atoms. The van der Waals surface area contributed by atoms with Crippen LogP contribution in [0.25, 0.3) is 11.4 Å². The van der Waals surface area contributed by atoms with E-state index in [-0.39, 0.29) is 11.3 Å². The SMILES string of the molecule is Cc1cn(C)c(-c2cc(NC(=O)c3ccc(C(F)(F)F)nc3C)ccc2C)n1. The lowest BCUT2D eigenvalue weighted by Gasteiger charge is -2.12. The maximum Gasteiger partial charge on any atom is 0.433 e. The second-order valence-corrected chi connectivity index (χ2v) is 6.63. The van der Waals surface area contributed by atoms with Crippen LogP contribution < -0.4 is 5.32 Å². The first-order valence-corrected chi connectivity index (χ1v) is 8.53. The fraction of sp³-hybridized carbons (Fsp3) is 0.250. The summed E-state index contributed by atoms with van der Waals surface area (Å²) < 4.78 is 40.2. The molecule has 0 saturated carbocycles. The second-order valence-electron chi connectivity index (χ2n) is 6.63. The van der Waals surface area contributed by atoms with Crippen molar-refractivity contribution in [2.45, 2.75) is 26.9 Å². The first-order valence-electron chi connectivity index (χ1n) is 8.53. The van der Waals surface area contributed by atoms with Gasteiger partial charge in [0.05, 0.1) is 17.0 Å². The van der Waals surface area contributed by atoms with Crippen LogP contribution in [0.1, 0.15) is 33.0 Å². The van der Waals surface area contributed by atoms with Gasteiger partial charge in [-0.25, -0.2) is 9.97 Å². The summed E-state index contributed by atoms with van der Waals surface area (Å²) in [4.78, 5) is 20.5. The quantitative estimate of drug-likeness (QED) is 0.709. The van der Waals surface area contributed by atoms with E-state index in [0.717, 1.165) is 34.8 Å². The summed E-state index contributed by atoms with van der Waals surface area (Å²) >= 11 is 0. The number of alkyl halides is 3. The van der Waals surface area contributed by atoms with E-state index in [0.29, 0.717) is 5.69 Å². The number of aromatic nitrogens is 3. The minimum atomic E-state index is -4.55. The molecular weight excluding hydrogens is 369 g/mol. The van der Waals surface area contributed by atoms with E-state index < -0.39 is 17.8 Å². The van der Waals surface area contributed by atoms with E-state index in [2.05, 4.69) is 15.3 Å². The number of carbonyl (C=O) groups excluding carboxylic acids is 1. The molecule has 0 aliphatic carbocycles. The molecule has 1 aromatic carbocycles. The van der Waals surface area contributed by atoms with Crippen molar-refractivity contribution in [2.24, 2.45) is 7.05 Å². The number of aryl methyl sites for hydroxylation is 4. The zero-order valence-electron chi connectivity index (χ0n) is 15.8. The molecule has 1 amide bonds. The van der Waals surface area contributed by atoms with Crippen LogP contribution in [-0.2, 0) is 13.2 Å². The van der Waals surface area contributed by atoms with Crippen molar-refractivity contribution in [3.63, 3.8) is 0 Å². The average molecular weight is 388 g/mol. The lowest BCUT2D eigenvalue weighted by molar-refractivity contribution is -0.141. The van der Waals surface area contributed by atoms with E-state index in [1.165, 1.54) is 6.92 Å². The number of amides is 1. The number of nitrogens with zero attached hydrogens (tertiary/aromatic N) is 3. The van der Waals surface area contributed by atoms with Crippen molar-refractivity contribution in [3.8, 4) is 11.4 Å². The number of halogens is 3. The molecule has 0 aliphatic heterocycles. The first kappa shape index (κ1) is 19.6. The number of nitrogens with one attached hydrogen (secondary N) is 1. The summed E-state index contributed by atoms with van der Waals surface area (Å²) in [6, 6.07) is 7.32. The van der Waals surface area contributed by atoms with Crippen LogP contribution in [0.4, 0.5) is 18.9 Å². The molecule has 0 saturated heterocycles. The number of carbonyl (C=O) groups is 1. The summed E-state index contributed by atoms with van der Waals surface area (Å²) in [6.07, 6.45) is -2.65. The Labute approximate surface area is 160 Å². The van der Waals surface area contributed by atoms with E-state index in [1.807, 2.05) is 37.7 Å². The van der Waals surface area contributed by atoms with Crippen LogP contribution in [0, 0.1) is 20.8 Å². The largest absolute Gasteiger partial charge is 0.433 e. The maximum atomic E-state index is 12.8. The van der Waals surface area contributed by atoms with Crippen molar-refractivity contribution in [1.82, 2.24) is 14.5 Å². The van der Waals surface area contributed by atoms with Gasteiger partial charge in [0.2, 0.25) is 0 Å². The van der Waals surface area contributed by atoms with Crippen molar-refractivity contribution in [3.05, 3.63) is 64.7 Å². The van der Waals surface area contributed by atoms with Crippen molar-refractivity contribution < 1.29 is 18.0 Å². The molecule has 2 heterocycles. The highest BCUT2D eigenvalue weighted by atomic mass is 19.4. The Morgan fingerprint density at radius 2 is 1.79 bits per heavy atom. The molecule has 28 heavy (non-hydrogen) atoms. The molecule has 3 aromatic rings. The molecule has 0 unspecified atom stereocenters. The van der Waals surface area contributed by atoms with Gasteiger partial charge in [-0.15, -0.1) is 0 Å². The number of imidazole rings is 1. The van der Waals surface area contributed by atoms with Gasteiger partial charge in [-0.05, 0) is 50.6 Å². The van der Waals surface area contributed by atoms with Crippen molar-refractivity contribution in [1.29, 1.82) is 0 Å². The lowest BCUT2D eigenvalue weighted by atomic mass is 10.1. The molecule has 3 rings (SSSR count). The van der Waals surface area contributed by atoms with Gasteiger partial charge in [0.1, 0.15) is 11.5 Å². The van der Waals surface area contributed by atoms with E-state index in [9.17, 15) is 18.0 Å². The third-order valence-corrected chi connectivity index (χ3v) is 4.35. The summed E-state index contributed by atoms with van der Waals surface area (Å²) in [5, 5.41) is 2.72. The first-order chi connectivity index (χ1) is 13.1. The number of hydrogen-bond acceptors (Lipinski definition) is 3. The Hall–Kier alpha value is -3.16. The Kier molecular flexibility index (Phi) is 4.97. The number of pyridine rings is 1. The summed E-state index contributed by atoms with van der Waals surface area (Å²) in [5.74, 6) is 0.239. The predicted octanol–water partition coefficient (Wildman–Crippen LogP) is 4.68. The Balaban J connectivity index is 1.89. The Morgan fingerprint density at radius 1 is 1.07 bits per heavy atom. The fourth-order valence-corrected chi connectivity index (χ4v) is 2.96. The van der Waals surface area contributed by atoms with E-state index >= 15 is 0 Å². The molecule has 1 N–H and O–H groups in total. The Bertz CT molecular complexity index is 1050. The number of rotatable bonds is 3. The van der Waals surface area contributed by atoms with Crippen LogP contribution in [0.3, 0.4) is 0 Å². The Morgan fingerprint density at radius 3 is 2.36 bits per heavy atom. The zero-order valence-corrected chi connectivity index (χ0v) is 15.8. The highest BCUT2D eigenvalue weighted by molar-refractivity contribution is 6.05. The number of anilines is 1. The molecule has 0 aliphatic rings. The topological polar surface area (TPSA) is 59.8 Å². The molecule has 0 atom stereocenters. The standard InChI is InChI=1S/C20H19F3N4O/c1-11-5-6-14(9-16(11)18-24-12(2)10-27(18)4)26-19(28)15-7-8-17(20(21,22)23)25-13(15)3/h5-10H,1-4H3,(H,26,28). The molecule has 146 valence electrons. The minimum Gasteiger partial charge on any atom is -0.334 e. The van der Waals surface area contributed by atoms with E-state index in [4.69, 9.17) is 0 Å². The second kappa shape index (κ2) is 7.10. The monoisotopic (exact) mass is 388 g/mol. The smallest absolute Gasteiger partial charge is 0.334 e. The molecule has 0 radical (unpaired) electrons. The zero-order chi connectivity index (χ0) is 20.6. The fourth-order valence-electron chi connectivity index (χ4n) is 2.96. The molecule has 5 nitrogen and oxygen atoms in total. The number of hydrogen-bond donors (Lipinski definition) is 1. The molecule has 8 heteroatoms. The predicted molar refractivity (Wildman–Crippen MR) is 100 cm³/mol. The molecule has 2 aromatic heterocycles. The van der Waals surface area contributed by atoms with Gasteiger partial charge in [0.25, 0.3) is 5.91 Å². The minimum absolute atomic E-state index is 0.0133. The lowest BCUT2D eigenvalue weighted by Crippen LogP contribution is -2.16. The van der Waals surface area contributed by atoms with Crippen LogP contribution in [0.2, 0.25) is 0 Å². The van der Waals surface area contributed by atoms with Crippen LogP contribution in [-0.4, -0.2) is 20.4 Å². The average Bonchev–Trinajstić information content (AvgIpc) is 2.93. The van der Waals surface area contributed by atoms with Gasteiger partial charge in [-0.1, -0.05) is 6.07 Å². The highest BCUT2D eigenvalue weighted by Gasteiger charge is 2.33. The number of benzene rings is 1. The van der Waals surface area contributed by atoms with Crippen LogP contribution in [0.5, 0.6) is 0 Å². The third kappa shape index (κ3) is 3.90. The molecule has 0 fully saturated rings. The van der Waals surface area contributed by atoms with Gasteiger partial charge < -0.3 is 9.88 Å². The van der Waals surface area contributed by atoms with Crippen molar-refractivity contribution >= 4 is 11.6 Å². The highest BCUT2D eigenvalue weighted by Crippen LogP contribution is 2.29. The summed E-state index contributed by atoms with van der Waals surface area (Å²) in [7, 11) is 1.89. The normalized spacial score (nSPS) is 11.5. The molecule has 0 bridgehead atoms. The summed E-state index contributed by atoms with van der Waals surface area (Å²) in [6.45, 7) is 5.21.